The van der Waals surface area contributed by atoms with Gasteiger partial charge in [-0.25, -0.2) is 4.79 Å². The van der Waals surface area contributed by atoms with Crippen LogP contribution in [0.4, 0.5) is 4.79 Å². The van der Waals surface area contributed by atoms with Crippen molar-refractivity contribution in [2.75, 3.05) is 11.5 Å². The van der Waals surface area contributed by atoms with E-state index in [1.165, 1.54) is 0 Å². The number of carboxylic acid groups (broad SMARTS) is 1. The zero-order valence-electron chi connectivity index (χ0n) is 5.67. The summed E-state index contributed by atoms with van der Waals surface area (Å²) in [7, 11) is 0. The molecule has 10 heavy (non-hydrogen) atoms. The average Bonchev–Trinajstić information content (AvgIpc) is 1.88. The molecular formula is C6H11NO2S. The molecule has 1 aliphatic heterocycles. The molecule has 2 N–H and O–H groups in total. The summed E-state index contributed by atoms with van der Waals surface area (Å²) >= 11 is 1.89. The normalized spacial score (nSPS) is 20.4. The SMILES string of the molecule is O=C(O)NC1CCSCC1. The van der Waals surface area contributed by atoms with E-state index in [4.69, 9.17) is 5.11 Å². The number of hydrogen-bond donors (Lipinski definition) is 2. The van der Waals surface area contributed by atoms with Crippen LogP contribution in [-0.2, 0) is 0 Å². The van der Waals surface area contributed by atoms with Gasteiger partial charge in [-0.05, 0) is 24.3 Å². The Bertz CT molecular complexity index is 123. The van der Waals surface area contributed by atoms with E-state index in [1.54, 1.807) is 0 Å². The van der Waals surface area contributed by atoms with Gasteiger partial charge in [-0.2, -0.15) is 11.8 Å². The third-order valence-electron chi connectivity index (χ3n) is 1.55. The Hall–Kier alpha value is -0.380. The van der Waals surface area contributed by atoms with Gasteiger partial charge >= 0.3 is 6.09 Å². The minimum Gasteiger partial charge on any atom is -0.465 e. The van der Waals surface area contributed by atoms with E-state index < -0.39 is 6.09 Å². The molecule has 3 nitrogen and oxygen atoms in total. The maximum absolute atomic E-state index is 10.1. The van der Waals surface area contributed by atoms with Crippen LogP contribution < -0.4 is 5.32 Å². The molecule has 0 aliphatic carbocycles. The molecular weight excluding hydrogens is 150 g/mol. The van der Waals surface area contributed by atoms with Gasteiger partial charge in [0.05, 0.1) is 0 Å². The standard InChI is InChI=1S/C6H11NO2S/c8-6(9)7-5-1-3-10-4-2-5/h5,7H,1-4H2,(H,8,9). The lowest BCUT2D eigenvalue weighted by molar-refractivity contribution is 0.189. The van der Waals surface area contributed by atoms with Crippen molar-refractivity contribution in [2.24, 2.45) is 0 Å². The van der Waals surface area contributed by atoms with Gasteiger partial charge in [0, 0.05) is 6.04 Å². The van der Waals surface area contributed by atoms with Crippen LogP contribution in [0, 0.1) is 0 Å². The summed E-state index contributed by atoms with van der Waals surface area (Å²) < 4.78 is 0. The summed E-state index contributed by atoms with van der Waals surface area (Å²) in [4.78, 5) is 10.1. The van der Waals surface area contributed by atoms with E-state index in [-0.39, 0.29) is 6.04 Å². The molecule has 0 saturated carbocycles. The molecule has 0 radical (unpaired) electrons. The number of nitrogens with one attached hydrogen (secondary N) is 1. The third-order valence-corrected chi connectivity index (χ3v) is 2.60. The molecule has 1 heterocycles. The van der Waals surface area contributed by atoms with Crippen LogP contribution >= 0.6 is 11.8 Å². The Labute approximate surface area is 64.2 Å². The molecule has 0 spiro atoms. The largest absolute Gasteiger partial charge is 0.465 e. The average molecular weight is 161 g/mol. The van der Waals surface area contributed by atoms with Crippen LogP contribution in [0.2, 0.25) is 0 Å². The van der Waals surface area contributed by atoms with Gasteiger partial charge in [-0.3, -0.25) is 0 Å². The molecule has 0 unspecified atom stereocenters. The minimum atomic E-state index is -0.892. The summed E-state index contributed by atoms with van der Waals surface area (Å²) in [5.41, 5.74) is 0. The van der Waals surface area contributed by atoms with E-state index in [2.05, 4.69) is 5.32 Å². The summed E-state index contributed by atoms with van der Waals surface area (Å²) in [5.74, 6) is 2.18. The first-order chi connectivity index (χ1) is 4.79. The minimum absolute atomic E-state index is 0.207. The summed E-state index contributed by atoms with van der Waals surface area (Å²) in [5, 5.41) is 10.8. The number of amides is 1. The molecule has 0 bridgehead atoms. The molecule has 4 heteroatoms. The number of carbonyl (C=O) groups is 1. The molecule has 0 aromatic carbocycles. The van der Waals surface area contributed by atoms with Crippen molar-refractivity contribution in [1.29, 1.82) is 0 Å². The molecule has 1 amide bonds. The lowest BCUT2D eigenvalue weighted by atomic mass is 10.2. The predicted octanol–water partition coefficient (Wildman–Crippen LogP) is 1.15. The van der Waals surface area contributed by atoms with E-state index in [0.717, 1.165) is 24.3 Å². The van der Waals surface area contributed by atoms with Crippen LogP contribution in [0.5, 0.6) is 0 Å². The summed E-state index contributed by atoms with van der Waals surface area (Å²) in [6.45, 7) is 0. The number of hydrogen-bond acceptors (Lipinski definition) is 2. The van der Waals surface area contributed by atoms with Gasteiger partial charge in [-0.1, -0.05) is 0 Å². The number of rotatable bonds is 1. The van der Waals surface area contributed by atoms with Gasteiger partial charge in [0.2, 0.25) is 0 Å². The topological polar surface area (TPSA) is 49.3 Å². The molecule has 1 fully saturated rings. The second-order valence-electron chi connectivity index (χ2n) is 2.34. The molecule has 0 aromatic heterocycles. The molecule has 1 aliphatic rings. The Morgan fingerprint density at radius 2 is 2.10 bits per heavy atom. The van der Waals surface area contributed by atoms with Gasteiger partial charge in [0.1, 0.15) is 0 Å². The maximum atomic E-state index is 10.1. The second-order valence-corrected chi connectivity index (χ2v) is 3.56. The van der Waals surface area contributed by atoms with Crippen LogP contribution in [0.15, 0.2) is 0 Å². The van der Waals surface area contributed by atoms with Crippen molar-refractivity contribution in [2.45, 2.75) is 18.9 Å². The highest BCUT2D eigenvalue weighted by molar-refractivity contribution is 7.99. The fourth-order valence-electron chi connectivity index (χ4n) is 1.02. The zero-order chi connectivity index (χ0) is 7.40. The van der Waals surface area contributed by atoms with Crippen LogP contribution in [0.25, 0.3) is 0 Å². The van der Waals surface area contributed by atoms with Crippen LogP contribution in [-0.4, -0.2) is 28.7 Å². The molecule has 1 saturated heterocycles. The lowest BCUT2D eigenvalue weighted by Crippen LogP contribution is -2.36. The lowest BCUT2D eigenvalue weighted by Gasteiger charge is -2.20. The van der Waals surface area contributed by atoms with Gasteiger partial charge < -0.3 is 10.4 Å². The third kappa shape index (κ3) is 2.47. The first-order valence-corrected chi connectivity index (χ1v) is 4.51. The van der Waals surface area contributed by atoms with Crippen molar-refractivity contribution in [3.8, 4) is 0 Å². The highest BCUT2D eigenvalue weighted by Gasteiger charge is 2.14. The highest BCUT2D eigenvalue weighted by Crippen LogP contribution is 2.16. The maximum Gasteiger partial charge on any atom is 0.404 e. The van der Waals surface area contributed by atoms with E-state index in [1.807, 2.05) is 11.8 Å². The smallest absolute Gasteiger partial charge is 0.404 e. The first kappa shape index (κ1) is 7.72. The number of thioether (sulfide) groups is 1. The van der Waals surface area contributed by atoms with Crippen LogP contribution in [0.1, 0.15) is 12.8 Å². The fraction of sp³-hybridized carbons (Fsp3) is 0.833. The van der Waals surface area contributed by atoms with Crippen molar-refractivity contribution in [3.63, 3.8) is 0 Å². The van der Waals surface area contributed by atoms with Crippen molar-refractivity contribution in [1.82, 2.24) is 5.32 Å². The molecule has 58 valence electrons. The molecule has 0 aromatic rings. The van der Waals surface area contributed by atoms with Crippen molar-refractivity contribution >= 4 is 17.9 Å². The summed E-state index contributed by atoms with van der Waals surface area (Å²) in [6.07, 6.45) is 1.07. The molecule has 1 rings (SSSR count). The van der Waals surface area contributed by atoms with E-state index >= 15 is 0 Å². The molecule has 0 atom stereocenters. The Kier molecular flexibility index (Phi) is 2.86. The van der Waals surface area contributed by atoms with Crippen molar-refractivity contribution < 1.29 is 9.90 Å². The predicted molar refractivity (Wildman–Crippen MR) is 41.5 cm³/mol. The monoisotopic (exact) mass is 161 g/mol. The first-order valence-electron chi connectivity index (χ1n) is 3.36. The second kappa shape index (κ2) is 3.71. The van der Waals surface area contributed by atoms with E-state index in [0.29, 0.717) is 0 Å². The highest BCUT2D eigenvalue weighted by atomic mass is 32.2. The summed E-state index contributed by atoms with van der Waals surface area (Å²) in [6, 6.07) is 0.207. The Balaban J connectivity index is 2.19. The Morgan fingerprint density at radius 1 is 1.50 bits per heavy atom. The zero-order valence-corrected chi connectivity index (χ0v) is 6.49. The van der Waals surface area contributed by atoms with Crippen LogP contribution in [0.3, 0.4) is 0 Å². The van der Waals surface area contributed by atoms with Gasteiger partial charge in [0.25, 0.3) is 0 Å². The van der Waals surface area contributed by atoms with E-state index in [9.17, 15) is 4.79 Å². The quantitative estimate of drug-likeness (QED) is 0.606. The van der Waals surface area contributed by atoms with Gasteiger partial charge in [-0.15, -0.1) is 0 Å². The van der Waals surface area contributed by atoms with Gasteiger partial charge in [0.15, 0.2) is 0 Å². The Morgan fingerprint density at radius 3 is 2.60 bits per heavy atom. The fourth-order valence-corrected chi connectivity index (χ4v) is 2.12. The van der Waals surface area contributed by atoms with Crippen molar-refractivity contribution in [3.05, 3.63) is 0 Å².